The molecule has 1 aromatic rings. The molecule has 3 nitrogen and oxygen atoms in total. The number of hydrazone groups is 1. The Hall–Kier alpha value is -1.64. The summed E-state index contributed by atoms with van der Waals surface area (Å²) in [4.78, 5) is 0. The molecule has 0 radical (unpaired) electrons. The molecule has 0 saturated heterocycles. The van der Waals surface area contributed by atoms with Crippen molar-refractivity contribution in [2.75, 3.05) is 0 Å². The van der Waals surface area contributed by atoms with Crippen LogP contribution < -0.4 is 5.11 Å². The van der Waals surface area contributed by atoms with E-state index in [0.717, 1.165) is 5.56 Å². The maximum atomic E-state index is 11.3. The van der Waals surface area contributed by atoms with E-state index in [2.05, 4.69) is 24.2 Å². The smallest absolute Gasteiger partial charge is 0.203 e. The van der Waals surface area contributed by atoms with Gasteiger partial charge in [0.15, 0.2) is 5.54 Å². The molecule has 0 atom stereocenters. The highest BCUT2D eigenvalue weighted by Crippen LogP contribution is 2.20. The first-order valence-electron chi connectivity index (χ1n) is 5.43. The number of aryl methyl sites for hydroxylation is 1. The van der Waals surface area contributed by atoms with Gasteiger partial charge in [0.2, 0.25) is 6.21 Å². The lowest BCUT2D eigenvalue weighted by Gasteiger charge is -2.11. The Bertz CT molecular complexity index is 455. The molecule has 0 saturated carbocycles. The van der Waals surface area contributed by atoms with Crippen molar-refractivity contribution in [3.63, 3.8) is 0 Å². The second-order valence-corrected chi connectivity index (χ2v) is 4.87. The van der Waals surface area contributed by atoms with Crippen molar-refractivity contribution >= 4 is 12.1 Å². The minimum absolute atomic E-state index is 0.0478. The lowest BCUT2D eigenvalue weighted by Crippen LogP contribution is -2.31. The first-order chi connectivity index (χ1) is 7.47. The summed E-state index contributed by atoms with van der Waals surface area (Å²) in [6, 6.07) is 8.17. The van der Waals surface area contributed by atoms with E-state index >= 15 is 0 Å². The van der Waals surface area contributed by atoms with Crippen LogP contribution in [-0.2, 0) is 0 Å². The summed E-state index contributed by atoms with van der Waals surface area (Å²) in [5, 5.41) is 15.3. The molecule has 3 heteroatoms. The van der Waals surface area contributed by atoms with Crippen LogP contribution in [0.2, 0.25) is 0 Å². The molecule has 0 amide bonds. The van der Waals surface area contributed by atoms with Crippen LogP contribution in [0.5, 0.6) is 0 Å². The van der Waals surface area contributed by atoms with Gasteiger partial charge in [0.25, 0.3) is 0 Å². The average molecular weight is 216 g/mol. The molecular formula is C13H16N2O. The molecule has 0 bridgehead atoms. The van der Waals surface area contributed by atoms with Gasteiger partial charge in [0, 0.05) is 31.7 Å². The van der Waals surface area contributed by atoms with Gasteiger partial charge in [0.1, 0.15) is 0 Å². The SMILES string of the molecule is Cc1ccc(/C=[N+]2\N=C([O-])CC2(C)C)cc1. The summed E-state index contributed by atoms with van der Waals surface area (Å²) in [6.45, 7) is 6.09. The van der Waals surface area contributed by atoms with Crippen molar-refractivity contribution in [2.45, 2.75) is 32.7 Å². The van der Waals surface area contributed by atoms with E-state index in [4.69, 9.17) is 0 Å². The molecule has 1 heterocycles. The fourth-order valence-corrected chi connectivity index (χ4v) is 1.74. The Labute approximate surface area is 95.7 Å². The summed E-state index contributed by atoms with van der Waals surface area (Å²) in [7, 11) is 0. The third-order valence-corrected chi connectivity index (χ3v) is 2.77. The van der Waals surface area contributed by atoms with Gasteiger partial charge in [-0.3, -0.25) is 0 Å². The quantitative estimate of drug-likeness (QED) is 0.652. The van der Waals surface area contributed by atoms with E-state index < -0.39 is 0 Å². The molecule has 1 aliphatic rings. The van der Waals surface area contributed by atoms with Crippen LogP contribution in [0.1, 0.15) is 31.4 Å². The summed E-state index contributed by atoms with van der Waals surface area (Å²) < 4.78 is 1.76. The molecule has 0 fully saturated rings. The number of hydrogen-bond donors (Lipinski definition) is 0. The third-order valence-electron chi connectivity index (χ3n) is 2.77. The maximum Gasteiger partial charge on any atom is 0.203 e. The molecule has 0 aromatic heterocycles. The number of nitrogens with zero attached hydrogens (tertiary/aromatic N) is 2. The molecule has 2 rings (SSSR count). The fraction of sp³-hybridized carbons (Fsp3) is 0.385. The third kappa shape index (κ3) is 2.13. The van der Waals surface area contributed by atoms with E-state index in [9.17, 15) is 5.11 Å². The second-order valence-electron chi connectivity index (χ2n) is 4.87. The van der Waals surface area contributed by atoms with Gasteiger partial charge < -0.3 is 5.11 Å². The van der Waals surface area contributed by atoms with Gasteiger partial charge in [0.05, 0.1) is 0 Å². The van der Waals surface area contributed by atoms with Gasteiger partial charge >= 0.3 is 0 Å². The minimum Gasteiger partial charge on any atom is -0.857 e. The van der Waals surface area contributed by atoms with Gasteiger partial charge in [-0.2, -0.15) is 0 Å². The highest BCUT2D eigenvalue weighted by atomic mass is 16.3. The summed E-state index contributed by atoms with van der Waals surface area (Å²) in [5.41, 5.74) is 2.09. The van der Waals surface area contributed by atoms with E-state index in [1.165, 1.54) is 5.56 Å². The summed E-state index contributed by atoms with van der Waals surface area (Å²) in [6.07, 6.45) is 2.40. The van der Waals surface area contributed by atoms with Gasteiger partial charge in [-0.25, -0.2) is 0 Å². The van der Waals surface area contributed by atoms with Crippen LogP contribution in [0.15, 0.2) is 29.4 Å². The molecule has 84 valence electrons. The Morgan fingerprint density at radius 3 is 2.44 bits per heavy atom. The lowest BCUT2D eigenvalue weighted by molar-refractivity contribution is -0.591. The van der Waals surface area contributed by atoms with Crippen LogP contribution in [-0.4, -0.2) is 22.3 Å². The Balaban J connectivity index is 2.34. The summed E-state index contributed by atoms with van der Waals surface area (Å²) in [5.74, 6) is -0.0478. The topological polar surface area (TPSA) is 38.4 Å². The molecule has 0 unspecified atom stereocenters. The number of rotatable bonds is 1. The largest absolute Gasteiger partial charge is 0.857 e. The molecular weight excluding hydrogens is 200 g/mol. The summed E-state index contributed by atoms with van der Waals surface area (Å²) >= 11 is 0. The molecule has 1 aliphatic heterocycles. The van der Waals surface area contributed by atoms with Crippen molar-refractivity contribution in [1.82, 2.24) is 0 Å². The zero-order valence-electron chi connectivity index (χ0n) is 9.90. The average Bonchev–Trinajstić information content (AvgIpc) is 2.43. The fourth-order valence-electron chi connectivity index (χ4n) is 1.74. The standard InChI is InChI=1S/C13H16N2O/c1-10-4-6-11(7-5-10)9-15-13(2,3)8-12(16)14-15/h4-7,9H,8H2,1-3H3/b15-9-. The second kappa shape index (κ2) is 3.74. The predicted molar refractivity (Wildman–Crippen MR) is 62.7 cm³/mol. The normalized spacial score (nSPS) is 21.2. The van der Waals surface area contributed by atoms with Crippen LogP contribution in [0.25, 0.3) is 0 Å². The van der Waals surface area contributed by atoms with Crippen LogP contribution in [0, 0.1) is 6.92 Å². The van der Waals surface area contributed by atoms with Gasteiger partial charge in [-0.05, 0) is 24.2 Å². The first kappa shape index (κ1) is 10.9. The monoisotopic (exact) mass is 216 g/mol. The van der Waals surface area contributed by atoms with E-state index in [1.807, 2.05) is 32.2 Å². The molecule has 0 spiro atoms. The Morgan fingerprint density at radius 2 is 1.94 bits per heavy atom. The van der Waals surface area contributed by atoms with E-state index in [-0.39, 0.29) is 11.4 Å². The molecule has 0 N–H and O–H groups in total. The highest BCUT2D eigenvalue weighted by molar-refractivity contribution is 5.78. The first-order valence-corrected chi connectivity index (χ1v) is 5.43. The minimum atomic E-state index is -0.206. The number of hydrogen-bond acceptors (Lipinski definition) is 2. The Kier molecular flexibility index (Phi) is 2.54. The van der Waals surface area contributed by atoms with Crippen molar-refractivity contribution in [2.24, 2.45) is 5.10 Å². The zero-order valence-corrected chi connectivity index (χ0v) is 9.90. The van der Waals surface area contributed by atoms with Gasteiger partial charge in [-0.1, -0.05) is 22.4 Å². The lowest BCUT2D eigenvalue weighted by atomic mass is 10.0. The number of benzene rings is 1. The van der Waals surface area contributed by atoms with Gasteiger partial charge in [-0.15, -0.1) is 0 Å². The highest BCUT2D eigenvalue weighted by Gasteiger charge is 2.36. The van der Waals surface area contributed by atoms with Crippen LogP contribution in [0.3, 0.4) is 0 Å². The van der Waals surface area contributed by atoms with Crippen molar-refractivity contribution < 1.29 is 9.79 Å². The zero-order chi connectivity index (χ0) is 11.8. The van der Waals surface area contributed by atoms with Crippen LogP contribution in [0.4, 0.5) is 0 Å². The van der Waals surface area contributed by atoms with Crippen molar-refractivity contribution in [3.05, 3.63) is 35.4 Å². The van der Waals surface area contributed by atoms with E-state index in [0.29, 0.717) is 6.42 Å². The maximum absolute atomic E-state index is 11.3. The molecule has 16 heavy (non-hydrogen) atoms. The van der Waals surface area contributed by atoms with Crippen molar-refractivity contribution in [3.8, 4) is 0 Å². The van der Waals surface area contributed by atoms with Crippen LogP contribution >= 0.6 is 0 Å². The predicted octanol–water partition coefficient (Wildman–Crippen LogP) is 1.28. The van der Waals surface area contributed by atoms with E-state index in [1.54, 1.807) is 4.68 Å². The Morgan fingerprint density at radius 1 is 1.31 bits per heavy atom. The van der Waals surface area contributed by atoms with Crippen molar-refractivity contribution in [1.29, 1.82) is 0 Å². The molecule has 0 aliphatic carbocycles. The molecule has 1 aromatic carbocycles.